The molecule has 7 heteroatoms. The first kappa shape index (κ1) is 28.4. The van der Waals surface area contributed by atoms with Crippen LogP contribution in [0.1, 0.15) is 0 Å². The lowest BCUT2D eigenvalue weighted by Gasteiger charge is -2.26. The van der Waals surface area contributed by atoms with Crippen molar-refractivity contribution in [2.45, 2.75) is 0 Å². The predicted octanol–water partition coefficient (Wildman–Crippen LogP) is 12.2. The first-order valence-corrected chi connectivity index (χ1v) is 17.2. The van der Waals surface area contributed by atoms with E-state index in [4.69, 9.17) is 23.8 Å². The first-order chi connectivity index (χ1) is 24.7. The van der Waals surface area contributed by atoms with Crippen LogP contribution in [0.2, 0.25) is 0 Å². The molecule has 0 aliphatic heterocycles. The Bertz CT molecular complexity index is 2630. The van der Waals surface area contributed by atoms with Gasteiger partial charge in [-0.15, -0.1) is 11.3 Å². The lowest BCUT2D eigenvalue weighted by atomic mass is 10.1. The number of benzene rings is 6. The second-order valence-corrected chi connectivity index (χ2v) is 13.1. The molecule has 0 bridgehead atoms. The second-order valence-electron chi connectivity index (χ2n) is 12.1. The number of aromatic nitrogens is 3. The lowest BCUT2D eigenvalue weighted by Crippen LogP contribution is -2.09. The largest absolute Gasteiger partial charge is 0.436 e. The van der Waals surface area contributed by atoms with Gasteiger partial charge in [0.25, 0.3) is 0 Å². The molecule has 10 rings (SSSR count). The van der Waals surface area contributed by atoms with E-state index in [9.17, 15) is 0 Å². The molecule has 236 valence electrons. The Morgan fingerprint density at radius 1 is 0.420 bits per heavy atom. The molecule has 0 saturated heterocycles. The first-order valence-electron chi connectivity index (χ1n) is 16.3. The smallest absolute Gasteiger partial charge is 0.227 e. The van der Waals surface area contributed by atoms with Crippen LogP contribution in [-0.4, -0.2) is 15.0 Å². The highest BCUT2D eigenvalue weighted by Gasteiger charge is 2.17. The summed E-state index contributed by atoms with van der Waals surface area (Å²) in [6.07, 6.45) is 0. The molecule has 0 aliphatic carbocycles. The molecule has 0 spiro atoms. The summed E-state index contributed by atoms with van der Waals surface area (Å²) >= 11 is 1.73. The second kappa shape index (κ2) is 11.5. The Morgan fingerprint density at radius 3 is 1.48 bits per heavy atom. The Balaban J connectivity index is 1.02. The van der Waals surface area contributed by atoms with Gasteiger partial charge >= 0.3 is 0 Å². The SMILES string of the molecule is c1ccc2oc(-c3ccc(N(c4ccc(-c5ccc6c(n5)sc5ccccc56)cc4)c4ccc(-c5nc6ccccc6o5)cc4)cc3)nc2c1. The molecule has 4 heterocycles. The van der Waals surface area contributed by atoms with Crippen molar-refractivity contribution in [3.63, 3.8) is 0 Å². The average molecular weight is 663 g/mol. The van der Waals surface area contributed by atoms with E-state index in [-0.39, 0.29) is 0 Å². The van der Waals surface area contributed by atoms with Gasteiger partial charge in [0.2, 0.25) is 11.8 Å². The summed E-state index contributed by atoms with van der Waals surface area (Å²) in [6.45, 7) is 0. The fraction of sp³-hybridized carbons (Fsp3) is 0. The molecule has 0 amide bonds. The average Bonchev–Trinajstić information content (AvgIpc) is 3.91. The van der Waals surface area contributed by atoms with E-state index in [2.05, 4.69) is 114 Å². The molecule has 10 aromatic rings. The number of oxazole rings is 2. The van der Waals surface area contributed by atoms with Crippen LogP contribution < -0.4 is 4.90 Å². The van der Waals surface area contributed by atoms with Crippen LogP contribution in [0.4, 0.5) is 17.1 Å². The van der Waals surface area contributed by atoms with Crippen LogP contribution in [0, 0.1) is 0 Å². The van der Waals surface area contributed by atoms with Crippen LogP contribution in [0.3, 0.4) is 0 Å². The van der Waals surface area contributed by atoms with E-state index in [0.29, 0.717) is 11.8 Å². The molecule has 0 radical (unpaired) electrons. The van der Waals surface area contributed by atoms with Gasteiger partial charge < -0.3 is 13.7 Å². The van der Waals surface area contributed by atoms with Crippen molar-refractivity contribution in [2.75, 3.05) is 4.90 Å². The summed E-state index contributed by atoms with van der Waals surface area (Å²) in [4.78, 5) is 17.7. The van der Waals surface area contributed by atoms with Gasteiger partial charge in [0, 0.05) is 49.2 Å². The standard InChI is InChI=1S/C43H26N4O2S/c1-6-12-40-33(7-1)34-25-26-35(46-43(34)50-40)27-13-19-30(20-14-27)47(31-21-15-28(16-22-31)41-44-36-8-2-4-10-38(36)48-41)32-23-17-29(18-24-32)42-45-37-9-3-5-11-39(37)49-42/h1-26H. The van der Waals surface area contributed by atoms with Crippen molar-refractivity contribution in [3.05, 3.63) is 158 Å². The van der Waals surface area contributed by atoms with Crippen molar-refractivity contribution in [1.29, 1.82) is 0 Å². The molecule has 6 aromatic carbocycles. The van der Waals surface area contributed by atoms with Crippen LogP contribution in [0.25, 0.3) is 76.7 Å². The maximum Gasteiger partial charge on any atom is 0.227 e. The molecular weight excluding hydrogens is 637 g/mol. The van der Waals surface area contributed by atoms with Crippen molar-refractivity contribution >= 4 is 70.9 Å². The van der Waals surface area contributed by atoms with E-state index in [1.165, 1.54) is 15.5 Å². The number of thiophene rings is 1. The van der Waals surface area contributed by atoms with Crippen LogP contribution in [0.5, 0.6) is 0 Å². The number of hydrogen-bond acceptors (Lipinski definition) is 7. The summed E-state index contributed by atoms with van der Waals surface area (Å²) in [6, 6.07) is 53.6. The quantitative estimate of drug-likeness (QED) is 0.176. The van der Waals surface area contributed by atoms with Crippen molar-refractivity contribution in [2.24, 2.45) is 0 Å². The number of para-hydroxylation sites is 4. The predicted molar refractivity (Wildman–Crippen MR) is 203 cm³/mol. The highest BCUT2D eigenvalue weighted by Crippen LogP contribution is 2.39. The molecule has 0 saturated carbocycles. The van der Waals surface area contributed by atoms with E-state index < -0.39 is 0 Å². The van der Waals surface area contributed by atoms with Gasteiger partial charge in [-0.25, -0.2) is 15.0 Å². The normalized spacial score (nSPS) is 11.6. The van der Waals surface area contributed by atoms with E-state index in [0.717, 1.165) is 66.5 Å². The van der Waals surface area contributed by atoms with Gasteiger partial charge in [-0.2, -0.15) is 0 Å². The minimum absolute atomic E-state index is 0.597. The fourth-order valence-electron chi connectivity index (χ4n) is 6.49. The highest BCUT2D eigenvalue weighted by atomic mass is 32.1. The molecule has 0 atom stereocenters. The van der Waals surface area contributed by atoms with Gasteiger partial charge in [0.1, 0.15) is 15.9 Å². The zero-order valence-corrected chi connectivity index (χ0v) is 27.3. The molecule has 0 aliphatic rings. The van der Waals surface area contributed by atoms with Crippen molar-refractivity contribution < 1.29 is 8.83 Å². The Hall–Kier alpha value is -6.57. The Labute approximate surface area is 290 Å². The molecular formula is C43H26N4O2S. The Kier molecular flexibility index (Phi) is 6.57. The molecule has 0 unspecified atom stereocenters. The monoisotopic (exact) mass is 662 g/mol. The van der Waals surface area contributed by atoms with E-state index in [1.807, 2.05) is 48.5 Å². The van der Waals surface area contributed by atoms with Gasteiger partial charge in [-0.3, -0.25) is 0 Å². The lowest BCUT2D eigenvalue weighted by molar-refractivity contribution is 0.619. The summed E-state index contributed by atoms with van der Waals surface area (Å²) in [7, 11) is 0. The number of fused-ring (bicyclic) bond motifs is 5. The number of nitrogens with zero attached hydrogens (tertiary/aromatic N) is 4. The zero-order chi connectivity index (χ0) is 33.0. The van der Waals surface area contributed by atoms with Crippen LogP contribution in [0.15, 0.2) is 167 Å². The maximum absolute atomic E-state index is 6.06. The number of pyridine rings is 1. The maximum atomic E-state index is 6.06. The number of anilines is 3. The van der Waals surface area contributed by atoms with Gasteiger partial charge in [-0.1, -0.05) is 54.6 Å². The number of hydrogen-bond donors (Lipinski definition) is 0. The third-order valence-electron chi connectivity index (χ3n) is 9.00. The zero-order valence-electron chi connectivity index (χ0n) is 26.5. The highest BCUT2D eigenvalue weighted by molar-refractivity contribution is 7.25. The Morgan fingerprint density at radius 2 is 0.920 bits per heavy atom. The van der Waals surface area contributed by atoms with E-state index in [1.54, 1.807) is 11.3 Å². The summed E-state index contributed by atoms with van der Waals surface area (Å²) < 4.78 is 13.4. The van der Waals surface area contributed by atoms with Crippen molar-refractivity contribution in [3.8, 4) is 34.2 Å². The summed E-state index contributed by atoms with van der Waals surface area (Å²) in [5.74, 6) is 1.19. The third kappa shape index (κ3) is 4.91. The fourth-order valence-corrected chi connectivity index (χ4v) is 7.57. The van der Waals surface area contributed by atoms with Crippen LogP contribution in [-0.2, 0) is 0 Å². The van der Waals surface area contributed by atoms with Gasteiger partial charge in [0.15, 0.2) is 11.2 Å². The topological polar surface area (TPSA) is 68.2 Å². The molecule has 50 heavy (non-hydrogen) atoms. The van der Waals surface area contributed by atoms with Crippen LogP contribution >= 0.6 is 11.3 Å². The number of rotatable bonds is 6. The van der Waals surface area contributed by atoms with Gasteiger partial charge in [0.05, 0.1) is 5.69 Å². The minimum atomic E-state index is 0.597. The van der Waals surface area contributed by atoms with Gasteiger partial charge in [-0.05, 0) is 103 Å². The molecule has 4 aromatic heterocycles. The third-order valence-corrected chi connectivity index (χ3v) is 10.1. The minimum Gasteiger partial charge on any atom is -0.436 e. The van der Waals surface area contributed by atoms with E-state index >= 15 is 0 Å². The van der Waals surface area contributed by atoms with Crippen molar-refractivity contribution in [1.82, 2.24) is 15.0 Å². The summed E-state index contributed by atoms with van der Waals surface area (Å²) in [5.41, 5.74) is 10.1. The molecule has 0 fully saturated rings. The molecule has 6 nitrogen and oxygen atoms in total. The molecule has 0 N–H and O–H groups in total. The summed E-state index contributed by atoms with van der Waals surface area (Å²) in [5, 5.41) is 2.45.